The molecule has 7 heteroatoms. The van der Waals surface area contributed by atoms with Crippen molar-refractivity contribution in [3.8, 4) is 0 Å². The molecule has 5 nitrogen and oxygen atoms in total. The molecule has 0 unspecified atom stereocenters. The van der Waals surface area contributed by atoms with Gasteiger partial charge in [-0.1, -0.05) is 11.8 Å². The van der Waals surface area contributed by atoms with E-state index in [1.165, 1.54) is 0 Å². The number of rotatable bonds is 7. The molecule has 2 N–H and O–H groups in total. The maximum atomic E-state index is 10.4. The van der Waals surface area contributed by atoms with Crippen molar-refractivity contribution in [3.05, 3.63) is 0 Å². The first-order valence-electron chi connectivity index (χ1n) is 4.18. The summed E-state index contributed by atoms with van der Waals surface area (Å²) in [6.07, 6.45) is 0.787. The Morgan fingerprint density at radius 2 is 1.79 bits per heavy atom. The quantitative estimate of drug-likeness (QED) is 0.531. The van der Waals surface area contributed by atoms with Crippen molar-refractivity contribution in [2.75, 3.05) is 27.1 Å². The second kappa shape index (κ2) is 7.24. The van der Waals surface area contributed by atoms with Gasteiger partial charge in [0.1, 0.15) is 0 Å². The van der Waals surface area contributed by atoms with Crippen LogP contribution in [0.3, 0.4) is 0 Å². The van der Waals surface area contributed by atoms with Crippen molar-refractivity contribution < 1.29 is 18.1 Å². The normalized spacial score (nSPS) is 11.6. The van der Waals surface area contributed by atoms with Crippen molar-refractivity contribution in [1.82, 2.24) is 0 Å². The Balaban J connectivity index is 3.77. The van der Waals surface area contributed by atoms with Crippen LogP contribution in [0, 0.1) is 0 Å². The third-order valence-corrected chi connectivity index (χ3v) is 5.41. The van der Waals surface area contributed by atoms with Crippen molar-refractivity contribution in [3.63, 3.8) is 0 Å². The smallest absolute Gasteiger partial charge is 0.377 e. The molecule has 0 aromatic carbocycles. The first-order chi connectivity index (χ1) is 6.60. The van der Waals surface area contributed by atoms with Crippen LogP contribution in [-0.2, 0) is 13.3 Å². The number of hydrogen-bond donors (Lipinski definition) is 1. The maximum Gasteiger partial charge on any atom is 0.500 e. The van der Waals surface area contributed by atoms with Crippen molar-refractivity contribution in [2.24, 2.45) is 5.73 Å². The lowest BCUT2D eigenvalue weighted by atomic mass is 10.6. The molecular formula is C7H17NO4SSi. The fraction of sp³-hybridized carbons (Fsp3) is 0.857. The third-order valence-electron chi connectivity index (χ3n) is 1.80. The van der Waals surface area contributed by atoms with Gasteiger partial charge < -0.3 is 19.0 Å². The van der Waals surface area contributed by atoms with Gasteiger partial charge in [0.2, 0.25) is 0 Å². The van der Waals surface area contributed by atoms with Crippen LogP contribution in [0.15, 0.2) is 0 Å². The van der Waals surface area contributed by atoms with Crippen molar-refractivity contribution >= 4 is 25.8 Å². The Kier molecular flexibility index (Phi) is 7.20. The molecule has 0 radical (unpaired) electrons. The Morgan fingerprint density at radius 1 is 1.29 bits per heavy atom. The van der Waals surface area contributed by atoms with Crippen LogP contribution in [0.1, 0.15) is 6.42 Å². The molecule has 0 aromatic heterocycles. The summed E-state index contributed by atoms with van der Waals surface area (Å²) in [7, 11) is 2.25. The van der Waals surface area contributed by atoms with Crippen LogP contribution in [0.5, 0.6) is 0 Å². The molecule has 0 saturated carbocycles. The first-order valence-corrected chi connectivity index (χ1v) is 7.09. The van der Waals surface area contributed by atoms with Crippen LogP contribution in [0.2, 0.25) is 6.04 Å². The summed E-state index contributed by atoms with van der Waals surface area (Å²) in [6.45, 7) is 0. The zero-order chi connectivity index (χ0) is 11.0. The predicted octanol–water partition coefficient (Wildman–Crippen LogP) is 1.07. The van der Waals surface area contributed by atoms with E-state index in [9.17, 15) is 4.79 Å². The molecule has 1 amide bonds. The summed E-state index contributed by atoms with van der Waals surface area (Å²) in [4.78, 5) is 10.4. The van der Waals surface area contributed by atoms with Gasteiger partial charge in [-0.2, -0.15) is 0 Å². The van der Waals surface area contributed by atoms with Gasteiger partial charge in [0, 0.05) is 33.1 Å². The SMILES string of the molecule is CO[Si](CCCSC(N)=O)(OC)OC. The molecule has 0 heterocycles. The Hall–Kier alpha value is -0.0831. The molecule has 0 aromatic rings. The second-order valence-corrected chi connectivity index (χ2v) is 6.76. The maximum absolute atomic E-state index is 10.4. The van der Waals surface area contributed by atoms with E-state index in [-0.39, 0.29) is 5.24 Å². The molecule has 0 fully saturated rings. The van der Waals surface area contributed by atoms with Crippen LogP contribution in [0.4, 0.5) is 4.79 Å². The molecule has 0 spiro atoms. The average Bonchev–Trinajstić information content (AvgIpc) is 2.19. The second-order valence-electron chi connectivity index (χ2n) is 2.57. The molecule has 84 valence electrons. The standard InChI is InChI=1S/C7H17NO4SSi/c1-10-14(11-2,12-3)6-4-5-13-7(8)9/h4-6H2,1-3H3,(H2,8,9). The van der Waals surface area contributed by atoms with E-state index in [1.807, 2.05) is 0 Å². The van der Waals surface area contributed by atoms with E-state index in [4.69, 9.17) is 19.0 Å². The molecule has 0 atom stereocenters. The lowest BCUT2D eigenvalue weighted by Crippen LogP contribution is -2.42. The van der Waals surface area contributed by atoms with E-state index in [2.05, 4.69) is 0 Å². The van der Waals surface area contributed by atoms with Gasteiger partial charge in [-0.3, -0.25) is 4.79 Å². The molecule has 0 aliphatic carbocycles. The van der Waals surface area contributed by atoms with Gasteiger partial charge in [0.25, 0.3) is 5.24 Å². The van der Waals surface area contributed by atoms with Crippen molar-refractivity contribution in [2.45, 2.75) is 12.5 Å². The molecule has 0 aliphatic heterocycles. The number of carbonyl (C=O) groups excluding carboxylic acids is 1. The van der Waals surface area contributed by atoms with Crippen LogP contribution >= 0.6 is 11.8 Å². The zero-order valence-corrected chi connectivity index (χ0v) is 10.6. The molecule has 0 bridgehead atoms. The highest BCUT2D eigenvalue weighted by Crippen LogP contribution is 2.16. The van der Waals surface area contributed by atoms with Gasteiger partial charge >= 0.3 is 8.80 Å². The number of nitrogens with two attached hydrogens (primary N) is 1. The number of carbonyl (C=O) groups is 1. The van der Waals surface area contributed by atoms with Crippen LogP contribution in [-0.4, -0.2) is 41.1 Å². The zero-order valence-electron chi connectivity index (χ0n) is 8.74. The molecule has 0 saturated heterocycles. The highest BCUT2D eigenvalue weighted by atomic mass is 32.2. The van der Waals surface area contributed by atoms with E-state index in [1.54, 1.807) is 21.3 Å². The topological polar surface area (TPSA) is 70.8 Å². The summed E-state index contributed by atoms with van der Waals surface area (Å²) in [5, 5.41) is -0.357. The van der Waals surface area contributed by atoms with E-state index in [0.717, 1.165) is 18.2 Å². The fourth-order valence-electron chi connectivity index (χ4n) is 1.02. The number of hydrogen-bond acceptors (Lipinski definition) is 5. The minimum Gasteiger partial charge on any atom is -0.377 e. The Morgan fingerprint density at radius 3 is 2.14 bits per heavy atom. The third kappa shape index (κ3) is 4.96. The minimum absolute atomic E-state index is 0.357. The highest BCUT2D eigenvalue weighted by Gasteiger charge is 2.36. The number of amides is 1. The van der Waals surface area contributed by atoms with E-state index >= 15 is 0 Å². The lowest BCUT2D eigenvalue weighted by Gasteiger charge is -2.23. The molecule has 14 heavy (non-hydrogen) atoms. The van der Waals surface area contributed by atoms with Crippen LogP contribution in [0.25, 0.3) is 0 Å². The highest BCUT2D eigenvalue weighted by molar-refractivity contribution is 8.13. The number of primary amides is 1. The minimum atomic E-state index is -2.45. The van der Waals surface area contributed by atoms with E-state index < -0.39 is 8.80 Å². The molecular weight excluding hydrogens is 222 g/mol. The Bertz CT molecular complexity index is 169. The fourth-order valence-corrected chi connectivity index (χ4v) is 3.49. The number of thioether (sulfide) groups is 1. The average molecular weight is 239 g/mol. The predicted molar refractivity (Wildman–Crippen MR) is 58.2 cm³/mol. The summed E-state index contributed by atoms with van der Waals surface area (Å²) < 4.78 is 15.6. The van der Waals surface area contributed by atoms with Crippen molar-refractivity contribution in [1.29, 1.82) is 0 Å². The van der Waals surface area contributed by atoms with Gasteiger partial charge in [-0.25, -0.2) is 0 Å². The summed E-state index contributed by atoms with van der Waals surface area (Å²) in [5.41, 5.74) is 4.98. The first kappa shape index (κ1) is 13.9. The lowest BCUT2D eigenvalue weighted by molar-refractivity contribution is 0.123. The van der Waals surface area contributed by atoms with Gasteiger partial charge in [0.05, 0.1) is 0 Å². The Labute approximate surface area is 89.6 Å². The summed E-state index contributed by atoms with van der Waals surface area (Å²) in [5.74, 6) is 0.667. The molecule has 0 rings (SSSR count). The summed E-state index contributed by atoms with van der Waals surface area (Å²) in [6, 6.07) is 0.691. The van der Waals surface area contributed by atoms with Gasteiger partial charge in [0.15, 0.2) is 0 Å². The monoisotopic (exact) mass is 239 g/mol. The van der Waals surface area contributed by atoms with Gasteiger partial charge in [-0.05, 0) is 6.42 Å². The van der Waals surface area contributed by atoms with E-state index in [0.29, 0.717) is 11.8 Å². The van der Waals surface area contributed by atoms with Gasteiger partial charge in [-0.15, -0.1) is 0 Å². The molecule has 0 aliphatic rings. The summed E-state index contributed by atoms with van der Waals surface area (Å²) >= 11 is 1.10. The largest absolute Gasteiger partial charge is 0.500 e. The van der Waals surface area contributed by atoms with Crippen LogP contribution < -0.4 is 5.73 Å².